The summed E-state index contributed by atoms with van der Waals surface area (Å²) in [5.74, 6) is 0.253. The van der Waals surface area contributed by atoms with Crippen molar-refractivity contribution in [3.63, 3.8) is 0 Å². The highest BCUT2D eigenvalue weighted by Gasteiger charge is 2.49. The molecule has 1 aliphatic rings. The fraction of sp³-hybridized carbons (Fsp3) is 0.562. The lowest BCUT2D eigenvalue weighted by atomic mass is 10.1. The number of anilines is 1. The number of hydrogen-bond donors (Lipinski definition) is 2. The van der Waals surface area contributed by atoms with Gasteiger partial charge in [0.05, 0.1) is 18.6 Å². The van der Waals surface area contributed by atoms with Crippen molar-refractivity contribution in [2.75, 3.05) is 26.1 Å². The lowest BCUT2D eigenvalue weighted by Crippen LogP contribution is -2.37. The highest BCUT2D eigenvalue weighted by molar-refractivity contribution is 14.1. The molecule has 5 atom stereocenters. The predicted octanol–water partition coefficient (Wildman–Crippen LogP) is 1.40. The van der Waals surface area contributed by atoms with Crippen molar-refractivity contribution in [1.29, 1.82) is 0 Å². The molecule has 10 nitrogen and oxygen atoms in total. The molecule has 0 radical (unpaired) electrons. The second kappa shape index (κ2) is 8.71. The van der Waals surface area contributed by atoms with Crippen LogP contribution >= 0.6 is 22.6 Å². The molecule has 1 fully saturated rings. The van der Waals surface area contributed by atoms with Crippen molar-refractivity contribution in [1.82, 2.24) is 14.5 Å². The molecule has 0 aromatic carbocycles. The van der Waals surface area contributed by atoms with Gasteiger partial charge in [-0.2, -0.15) is 0 Å². The Bertz CT molecular complexity index is 852. The molecule has 28 heavy (non-hydrogen) atoms. The van der Waals surface area contributed by atoms with Gasteiger partial charge < -0.3 is 34.4 Å². The van der Waals surface area contributed by atoms with Crippen LogP contribution in [-0.4, -0.2) is 70.6 Å². The van der Waals surface area contributed by atoms with E-state index in [4.69, 9.17) is 24.7 Å². The molecule has 1 saturated heterocycles. The van der Waals surface area contributed by atoms with E-state index in [0.717, 1.165) is 0 Å². The summed E-state index contributed by atoms with van der Waals surface area (Å²) in [4.78, 5) is 20.0. The molecule has 3 heterocycles. The van der Waals surface area contributed by atoms with Crippen molar-refractivity contribution >= 4 is 45.6 Å². The molecule has 2 aromatic rings. The topological polar surface area (TPSA) is 131 Å². The SMILES string of the molecule is COCC(C)OC(=O)O[C@H]1[C@H](F)[C@H](n2cc(I)c3c(N)ncnc32)O[C@@H]1CO. The van der Waals surface area contributed by atoms with E-state index in [0.29, 0.717) is 14.6 Å². The molecule has 3 N–H and O–H groups in total. The Morgan fingerprint density at radius 1 is 1.54 bits per heavy atom. The molecule has 2 aromatic heterocycles. The second-order valence-corrected chi connectivity index (χ2v) is 7.41. The quantitative estimate of drug-likeness (QED) is 0.438. The van der Waals surface area contributed by atoms with Crippen LogP contribution in [0.3, 0.4) is 0 Å². The maximum absolute atomic E-state index is 15.2. The third-order valence-electron chi connectivity index (χ3n) is 4.24. The van der Waals surface area contributed by atoms with Crippen LogP contribution < -0.4 is 5.73 Å². The number of nitrogens with two attached hydrogens (primary N) is 1. The number of aliphatic hydroxyl groups is 1. The number of aliphatic hydroxyl groups excluding tert-OH is 1. The van der Waals surface area contributed by atoms with E-state index in [1.54, 1.807) is 13.1 Å². The van der Waals surface area contributed by atoms with Gasteiger partial charge in [0.1, 0.15) is 30.0 Å². The van der Waals surface area contributed by atoms with Gasteiger partial charge in [0.15, 0.2) is 18.5 Å². The second-order valence-electron chi connectivity index (χ2n) is 6.25. The monoisotopic (exact) mass is 510 g/mol. The van der Waals surface area contributed by atoms with E-state index in [9.17, 15) is 9.90 Å². The summed E-state index contributed by atoms with van der Waals surface area (Å²) in [7, 11) is 1.46. The Labute approximate surface area is 173 Å². The van der Waals surface area contributed by atoms with Crippen molar-refractivity contribution in [2.45, 2.75) is 37.6 Å². The average molecular weight is 510 g/mol. The summed E-state index contributed by atoms with van der Waals surface area (Å²) >= 11 is 2.03. The van der Waals surface area contributed by atoms with Gasteiger partial charge in [0, 0.05) is 16.9 Å². The molecule has 0 aliphatic carbocycles. The van der Waals surface area contributed by atoms with E-state index >= 15 is 4.39 Å². The Morgan fingerprint density at radius 2 is 2.29 bits per heavy atom. The van der Waals surface area contributed by atoms with E-state index < -0.39 is 43.5 Å². The molecule has 0 spiro atoms. The molecule has 0 saturated carbocycles. The molecule has 0 bridgehead atoms. The van der Waals surface area contributed by atoms with Crippen LogP contribution in [0.25, 0.3) is 11.0 Å². The zero-order valence-corrected chi connectivity index (χ0v) is 17.3. The van der Waals surface area contributed by atoms with Crippen molar-refractivity contribution in [3.05, 3.63) is 16.1 Å². The minimum Gasteiger partial charge on any atom is -0.429 e. The number of nitrogens with zero attached hydrogens (tertiary/aromatic N) is 3. The van der Waals surface area contributed by atoms with Crippen molar-refractivity contribution in [2.24, 2.45) is 0 Å². The molecule has 154 valence electrons. The van der Waals surface area contributed by atoms with E-state index in [-0.39, 0.29) is 12.4 Å². The molecule has 12 heteroatoms. The first kappa shape index (κ1) is 21.0. The number of hydrogen-bond acceptors (Lipinski definition) is 9. The fourth-order valence-electron chi connectivity index (χ4n) is 3.03. The fourth-order valence-corrected chi connectivity index (χ4v) is 3.85. The minimum absolute atomic E-state index is 0.163. The number of ether oxygens (including phenoxy) is 4. The van der Waals surface area contributed by atoms with Gasteiger partial charge >= 0.3 is 6.16 Å². The summed E-state index contributed by atoms with van der Waals surface area (Å²) in [6, 6.07) is 0. The largest absolute Gasteiger partial charge is 0.509 e. The van der Waals surface area contributed by atoms with Crippen LogP contribution in [0.2, 0.25) is 0 Å². The van der Waals surface area contributed by atoms with E-state index in [1.807, 2.05) is 22.6 Å². The normalized spacial score (nSPS) is 25.8. The summed E-state index contributed by atoms with van der Waals surface area (Å²) in [6.45, 7) is 1.22. The lowest BCUT2D eigenvalue weighted by Gasteiger charge is -2.19. The third-order valence-corrected chi connectivity index (χ3v) is 5.06. The number of nitrogen functional groups attached to an aromatic ring is 1. The van der Waals surface area contributed by atoms with Crippen LogP contribution in [0.4, 0.5) is 15.0 Å². The van der Waals surface area contributed by atoms with Gasteiger partial charge in [-0.3, -0.25) is 0 Å². The summed E-state index contributed by atoms with van der Waals surface area (Å²) in [6.07, 6.45) is -4.14. The summed E-state index contributed by atoms with van der Waals surface area (Å²) in [5.41, 5.74) is 6.25. The number of carbonyl (C=O) groups is 1. The maximum atomic E-state index is 15.2. The summed E-state index contributed by atoms with van der Waals surface area (Å²) < 4.78 is 37.9. The Kier molecular flexibility index (Phi) is 6.52. The molecule has 3 rings (SSSR count). The first-order valence-corrected chi connectivity index (χ1v) is 9.48. The molecule has 1 unspecified atom stereocenters. The Morgan fingerprint density at radius 3 is 2.96 bits per heavy atom. The average Bonchev–Trinajstić information content (AvgIpc) is 3.13. The first-order valence-electron chi connectivity index (χ1n) is 8.40. The predicted molar refractivity (Wildman–Crippen MR) is 103 cm³/mol. The highest BCUT2D eigenvalue weighted by Crippen LogP contribution is 2.37. The zero-order valence-electron chi connectivity index (χ0n) is 15.1. The van der Waals surface area contributed by atoms with Crippen molar-refractivity contribution < 1.29 is 33.2 Å². The molecular formula is C16H20FIN4O6. The number of halogens is 2. The van der Waals surface area contributed by atoms with Gasteiger partial charge in [0.25, 0.3) is 0 Å². The van der Waals surface area contributed by atoms with Gasteiger partial charge in [-0.25, -0.2) is 19.2 Å². The number of methoxy groups -OCH3 is 1. The minimum atomic E-state index is -1.77. The van der Waals surface area contributed by atoms with Crippen LogP contribution in [0, 0.1) is 3.57 Å². The van der Waals surface area contributed by atoms with Gasteiger partial charge in [-0.05, 0) is 29.5 Å². The molecule has 1 aliphatic heterocycles. The first-order chi connectivity index (χ1) is 13.4. The van der Waals surface area contributed by atoms with Crippen LogP contribution in [0.15, 0.2) is 12.5 Å². The highest BCUT2D eigenvalue weighted by atomic mass is 127. The standard InChI is InChI=1S/C16H20FIN4O6/c1-7(5-25-2)26-16(24)28-12-9(4-23)27-15(11(12)17)22-3-8(18)10-13(19)20-6-21-14(10)22/h3,6-7,9,11-12,15,23H,4-5H2,1-2H3,(H2,19,20,21)/t7?,9-,11+,12-,15-/m1/s1. The number of aromatic nitrogens is 3. The number of rotatable bonds is 6. The molecule has 0 amide bonds. The van der Waals surface area contributed by atoms with Gasteiger partial charge in [-0.1, -0.05) is 0 Å². The molecular weight excluding hydrogens is 490 g/mol. The van der Waals surface area contributed by atoms with E-state index in [1.165, 1.54) is 18.0 Å². The van der Waals surface area contributed by atoms with Crippen molar-refractivity contribution in [3.8, 4) is 0 Å². The number of carbonyl (C=O) groups excluding carboxylic acids is 1. The zero-order chi connectivity index (χ0) is 20.4. The number of fused-ring (bicyclic) bond motifs is 1. The van der Waals surface area contributed by atoms with Crippen LogP contribution in [0.1, 0.15) is 13.2 Å². The lowest BCUT2D eigenvalue weighted by molar-refractivity contribution is -0.0634. The smallest absolute Gasteiger partial charge is 0.429 e. The van der Waals surface area contributed by atoms with Crippen LogP contribution in [0.5, 0.6) is 0 Å². The van der Waals surface area contributed by atoms with E-state index in [2.05, 4.69) is 9.97 Å². The Hall–Kier alpha value is -1.77. The van der Waals surface area contributed by atoms with Gasteiger partial charge in [-0.15, -0.1) is 0 Å². The maximum Gasteiger partial charge on any atom is 0.509 e. The Balaban J connectivity index is 1.82. The number of alkyl halides is 1. The van der Waals surface area contributed by atoms with Crippen LogP contribution in [-0.2, 0) is 18.9 Å². The van der Waals surface area contributed by atoms with Gasteiger partial charge in [0.2, 0.25) is 0 Å². The third kappa shape index (κ3) is 3.99. The summed E-state index contributed by atoms with van der Waals surface area (Å²) in [5, 5.41) is 10.1.